The molecule has 0 amide bonds. The molecule has 19 heavy (non-hydrogen) atoms. The Balaban J connectivity index is 1.48. The molecule has 1 aliphatic rings. The number of ether oxygens (including phenoxy) is 1. The van der Waals surface area contributed by atoms with Gasteiger partial charge in [-0.2, -0.15) is 0 Å². The molecule has 0 saturated carbocycles. The summed E-state index contributed by atoms with van der Waals surface area (Å²) < 4.78 is 5.93. The third-order valence-electron chi connectivity index (χ3n) is 3.94. The summed E-state index contributed by atoms with van der Waals surface area (Å²) in [6.45, 7) is 0.771. The van der Waals surface area contributed by atoms with Gasteiger partial charge in [0.15, 0.2) is 0 Å². The van der Waals surface area contributed by atoms with E-state index in [0.717, 1.165) is 24.3 Å². The molecule has 1 aromatic heterocycles. The molecule has 0 aliphatic heterocycles. The zero-order valence-electron chi connectivity index (χ0n) is 10.6. The van der Waals surface area contributed by atoms with E-state index in [1.807, 2.05) is 12.3 Å². The van der Waals surface area contributed by atoms with Gasteiger partial charge < -0.3 is 9.72 Å². The summed E-state index contributed by atoms with van der Waals surface area (Å²) >= 11 is 0. The summed E-state index contributed by atoms with van der Waals surface area (Å²) in [7, 11) is 0. The van der Waals surface area contributed by atoms with Crippen molar-refractivity contribution < 1.29 is 4.74 Å². The second-order valence-corrected chi connectivity index (χ2v) is 5.14. The number of aromatic amines is 1. The molecule has 4 rings (SSSR count). The molecule has 0 fully saturated rings. The average Bonchev–Trinajstić information content (AvgIpc) is 2.87. The van der Waals surface area contributed by atoms with Crippen LogP contribution in [0.25, 0.3) is 10.9 Å². The van der Waals surface area contributed by atoms with Crippen molar-refractivity contribution in [1.29, 1.82) is 0 Å². The van der Waals surface area contributed by atoms with E-state index in [2.05, 4.69) is 47.4 Å². The minimum Gasteiger partial charge on any atom is -0.493 e. The van der Waals surface area contributed by atoms with Gasteiger partial charge in [0.05, 0.1) is 6.61 Å². The molecule has 0 radical (unpaired) electrons. The predicted octanol–water partition coefficient (Wildman–Crippen LogP) is 3.89. The lowest BCUT2D eigenvalue weighted by Crippen LogP contribution is -2.23. The molecule has 2 nitrogen and oxygen atoms in total. The SMILES string of the molecule is c1ccc2c(c1)CC2COc1ccc2[nH]ccc2c1. The molecule has 1 N–H and O–H groups in total. The van der Waals surface area contributed by atoms with Crippen molar-refractivity contribution >= 4 is 10.9 Å². The maximum atomic E-state index is 5.93. The molecule has 0 bridgehead atoms. The number of hydrogen-bond donors (Lipinski definition) is 1. The van der Waals surface area contributed by atoms with E-state index in [1.54, 1.807) is 0 Å². The summed E-state index contributed by atoms with van der Waals surface area (Å²) in [5.41, 5.74) is 4.07. The second-order valence-electron chi connectivity index (χ2n) is 5.14. The molecular formula is C17H15NO. The Labute approximate surface area is 112 Å². The van der Waals surface area contributed by atoms with Crippen LogP contribution in [0.5, 0.6) is 5.75 Å². The van der Waals surface area contributed by atoms with Crippen LogP contribution in [-0.2, 0) is 6.42 Å². The topological polar surface area (TPSA) is 25.0 Å². The van der Waals surface area contributed by atoms with Crippen LogP contribution in [0.1, 0.15) is 17.0 Å². The van der Waals surface area contributed by atoms with E-state index in [-0.39, 0.29) is 0 Å². The van der Waals surface area contributed by atoms with Gasteiger partial charge >= 0.3 is 0 Å². The number of fused-ring (bicyclic) bond motifs is 2. The quantitative estimate of drug-likeness (QED) is 0.748. The first-order chi connectivity index (χ1) is 9.40. The van der Waals surface area contributed by atoms with Crippen LogP contribution < -0.4 is 4.74 Å². The summed E-state index contributed by atoms with van der Waals surface area (Å²) in [6, 6.07) is 16.9. The number of benzene rings is 2. The standard InChI is InChI=1S/C17H15NO/c1-2-4-16-12(3-1)9-14(16)11-19-15-5-6-17-13(10-15)7-8-18-17/h1-8,10,14,18H,9,11H2. The van der Waals surface area contributed by atoms with Crippen LogP contribution in [0, 0.1) is 0 Å². The van der Waals surface area contributed by atoms with Gasteiger partial charge in [-0.3, -0.25) is 0 Å². The van der Waals surface area contributed by atoms with Crippen LogP contribution in [0.2, 0.25) is 0 Å². The third-order valence-corrected chi connectivity index (χ3v) is 3.94. The fourth-order valence-electron chi connectivity index (χ4n) is 2.83. The van der Waals surface area contributed by atoms with Crippen molar-refractivity contribution in [3.8, 4) is 5.75 Å². The van der Waals surface area contributed by atoms with Crippen LogP contribution in [-0.4, -0.2) is 11.6 Å². The molecule has 2 heteroatoms. The van der Waals surface area contributed by atoms with Crippen LogP contribution in [0.15, 0.2) is 54.7 Å². The van der Waals surface area contributed by atoms with Gasteiger partial charge in [0, 0.05) is 23.0 Å². The first-order valence-corrected chi connectivity index (χ1v) is 6.68. The lowest BCUT2D eigenvalue weighted by molar-refractivity contribution is 0.275. The van der Waals surface area contributed by atoms with Crippen molar-refractivity contribution in [2.75, 3.05) is 6.61 Å². The smallest absolute Gasteiger partial charge is 0.120 e. The van der Waals surface area contributed by atoms with E-state index < -0.39 is 0 Å². The Hall–Kier alpha value is -2.22. The Kier molecular flexibility index (Phi) is 2.34. The Bertz CT molecular complexity index is 729. The van der Waals surface area contributed by atoms with E-state index >= 15 is 0 Å². The molecule has 2 aromatic carbocycles. The molecular weight excluding hydrogens is 234 g/mol. The maximum Gasteiger partial charge on any atom is 0.120 e. The molecule has 1 aliphatic carbocycles. The Morgan fingerprint density at radius 1 is 1.11 bits per heavy atom. The molecule has 1 unspecified atom stereocenters. The van der Waals surface area contributed by atoms with Crippen LogP contribution >= 0.6 is 0 Å². The number of aromatic nitrogens is 1. The molecule has 3 aromatic rings. The van der Waals surface area contributed by atoms with Gasteiger partial charge in [0.1, 0.15) is 5.75 Å². The summed E-state index contributed by atoms with van der Waals surface area (Å²) in [4.78, 5) is 3.19. The highest BCUT2D eigenvalue weighted by Gasteiger charge is 2.25. The second kappa shape index (κ2) is 4.16. The van der Waals surface area contributed by atoms with Gasteiger partial charge in [-0.1, -0.05) is 24.3 Å². The minimum absolute atomic E-state index is 0.554. The van der Waals surface area contributed by atoms with Crippen molar-refractivity contribution in [3.05, 3.63) is 65.9 Å². The first-order valence-electron chi connectivity index (χ1n) is 6.68. The van der Waals surface area contributed by atoms with Gasteiger partial charge in [-0.05, 0) is 41.8 Å². The number of rotatable bonds is 3. The number of nitrogens with one attached hydrogen (secondary N) is 1. The fraction of sp³-hybridized carbons (Fsp3) is 0.176. The van der Waals surface area contributed by atoms with E-state index in [9.17, 15) is 0 Å². The molecule has 0 spiro atoms. The largest absolute Gasteiger partial charge is 0.493 e. The fourth-order valence-corrected chi connectivity index (χ4v) is 2.83. The highest BCUT2D eigenvalue weighted by molar-refractivity contribution is 5.80. The number of hydrogen-bond acceptors (Lipinski definition) is 1. The van der Waals surface area contributed by atoms with Gasteiger partial charge in [0.25, 0.3) is 0 Å². The molecule has 94 valence electrons. The Morgan fingerprint density at radius 3 is 3.00 bits per heavy atom. The molecule has 1 heterocycles. The van der Waals surface area contributed by atoms with Crippen molar-refractivity contribution in [1.82, 2.24) is 4.98 Å². The van der Waals surface area contributed by atoms with E-state index in [0.29, 0.717) is 5.92 Å². The summed E-state index contributed by atoms with van der Waals surface area (Å²) in [6.07, 6.45) is 3.10. The lowest BCUT2D eigenvalue weighted by atomic mass is 9.78. The normalized spacial score (nSPS) is 16.9. The van der Waals surface area contributed by atoms with Crippen molar-refractivity contribution in [2.24, 2.45) is 0 Å². The Morgan fingerprint density at radius 2 is 2.05 bits per heavy atom. The minimum atomic E-state index is 0.554. The lowest BCUT2D eigenvalue weighted by Gasteiger charge is -2.29. The third kappa shape index (κ3) is 1.80. The van der Waals surface area contributed by atoms with Crippen molar-refractivity contribution in [3.63, 3.8) is 0 Å². The highest BCUT2D eigenvalue weighted by atomic mass is 16.5. The predicted molar refractivity (Wildman–Crippen MR) is 76.7 cm³/mol. The first kappa shape index (κ1) is 10.7. The van der Waals surface area contributed by atoms with E-state index in [1.165, 1.54) is 16.5 Å². The van der Waals surface area contributed by atoms with E-state index in [4.69, 9.17) is 4.74 Å². The maximum absolute atomic E-state index is 5.93. The summed E-state index contributed by atoms with van der Waals surface area (Å²) in [5, 5.41) is 1.20. The average molecular weight is 249 g/mol. The highest BCUT2D eigenvalue weighted by Crippen LogP contribution is 2.35. The summed E-state index contributed by atoms with van der Waals surface area (Å²) in [5.74, 6) is 1.51. The zero-order valence-corrected chi connectivity index (χ0v) is 10.6. The van der Waals surface area contributed by atoms with Crippen LogP contribution in [0.4, 0.5) is 0 Å². The zero-order chi connectivity index (χ0) is 12.7. The van der Waals surface area contributed by atoms with Crippen LogP contribution in [0.3, 0.4) is 0 Å². The van der Waals surface area contributed by atoms with Crippen molar-refractivity contribution in [2.45, 2.75) is 12.3 Å². The van der Waals surface area contributed by atoms with Gasteiger partial charge in [-0.15, -0.1) is 0 Å². The monoisotopic (exact) mass is 249 g/mol. The molecule has 1 atom stereocenters. The molecule has 0 saturated heterocycles. The van der Waals surface area contributed by atoms with Gasteiger partial charge in [-0.25, -0.2) is 0 Å². The number of H-pyrrole nitrogens is 1. The van der Waals surface area contributed by atoms with Gasteiger partial charge in [0.2, 0.25) is 0 Å².